The van der Waals surface area contributed by atoms with Gasteiger partial charge in [0, 0.05) is 6.92 Å². The van der Waals surface area contributed by atoms with Crippen molar-refractivity contribution < 1.29 is 9.53 Å². The number of hydrogen-bond donors (Lipinski definition) is 0. The number of esters is 1. The molecule has 11 heavy (non-hydrogen) atoms. The van der Waals surface area contributed by atoms with Gasteiger partial charge in [0.1, 0.15) is 5.75 Å². The van der Waals surface area contributed by atoms with Crippen molar-refractivity contribution in [3.8, 4) is 5.75 Å². The molecule has 0 bridgehead atoms. The lowest BCUT2D eigenvalue weighted by molar-refractivity contribution is -0.131. The van der Waals surface area contributed by atoms with Crippen molar-refractivity contribution in [1.29, 1.82) is 0 Å². The highest BCUT2D eigenvalue weighted by atomic mass is 16.5. The van der Waals surface area contributed by atoms with E-state index < -0.39 is 0 Å². The Kier molecular flexibility index (Phi) is 2.16. The van der Waals surface area contributed by atoms with E-state index in [1.54, 1.807) is 24.3 Å². The van der Waals surface area contributed by atoms with Crippen LogP contribution in [-0.4, -0.2) is 5.97 Å². The molecule has 0 atom stereocenters. The third kappa shape index (κ3) is 2.34. The Balaban J connectivity index is 2.74. The zero-order chi connectivity index (χ0) is 8.27. The van der Waals surface area contributed by atoms with Gasteiger partial charge >= 0.3 is 5.97 Å². The molecule has 0 amide bonds. The molecule has 58 valence electrons. The molecule has 2 nitrogen and oxygen atoms in total. The van der Waals surface area contributed by atoms with Gasteiger partial charge in [-0.05, 0) is 0 Å². The van der Waals surface area contributed by atoms with Crippen LogP contribution in [0, 0.1) is 6.92 Å². The fourth-order valence-corrected chi connectivity index (χ4v) is 0.723. The summed E-state index contributed by atoms with van der Waals surface area (Å²) in [6.45, 7) is 5.07. The minimum absolute atomic E-state index is 0.304. The molecule has 0 fully saturated rings. The summed E-state index contributed by atoms with van der Waals surface area (Å²) >= 11 is 0. The number of ether oxygens (including phenoxy) is 1. The largest absolute Gasteiger partial charge is 0.429 e. The summed E-state index contributed by atoms with van der Waals surface area (Å²) in [6.07, 6.45) is 0. The number of rotatable bonds is 1. The van der Waals surface area contributed by atoms with Crippen molar-refractivity contribution in [3.05, 3.63) is 36.8 Å². The van der Waals surface area contributed by atoms with Gasteiger partial charge in [0.25, 0.3) is 0 Å². The van der Waals surface area contributed by atoms with Gasteiger partial charge in [-0.2, -0.15) is 24.6 Å². The van der Waals surface area contributed by atoms with E-state index in [0.717, 1.165) is 5.56 Å². The Bertz CT molecular complexity index is 249. The molecule has 0 aromatic heterocycles. The lowest BCUT2D eigenvalue weighted by Gasteiger charge is -2.04. The fraction of sp³-hybridized carbons (Fsp3) is 0.111. The minimum Gasteiger partial charge on any atom is -0.429 e. The number of carbonyl (C=O) groups excluding carboxylic acids is 1. The third-order valence-electron chi connectivity index (χ3n) is 1.18. The smallest absolute Gasteiger partial charge is 0.307 e. The van der Waals surface area contributed by atoms with Gasteiger partial charge in [0.05, 0.1) is 0 Å². The molecule has 0 heterocycles. The van der Waals surface area contributed by atoms with Gasteiger partial charge in [0.15, 0.2) is 0 Å². The van der Waals surface area contributed by atoms with Gasteiger partial charge < -0.3 is 4.74 Å². The predicted molar refractivity (Wildman–Crippen MR) is 42.2 cm³/mol. The lowest BCUT2D eigenvalue weighted by Crippen LogP contribution is -2.00. The molecule has 0 radical (unpaired) electrons. The number of hydrogen-bond acceptors (Lipinski definition) is 2. The van der Waals surface area contributed by atoms with Crippen molar-refractivity contribution in [2.24, 2.45) is 0 Å². The molecule has 0 aliphatic carbocycles. The second-order valence-electron chi connectivity index (χ2n) is 2.24. The molecule has 1 aromatic carbocycles. The van der Waals surface area contributed by atoms with E-state index in [-0.39, 0.29) is 5.97 Å². The van der Waals surface area contributed by atoms with E-state index in [0.29, 0.717) is 5.75 Å². The van der Waals surface area contributed by atoms with E-state index in [1.165, 1.54) is 6.92 Å². The van der Waals surface area contributed by atoms with Gasteiger partial charge in [-0.25, -0.2) is 0 Å². The lowest BCUT2D eigenvalue weighted by atomic mass is 10.2. The molecule has 1 rings (SSSR count). The maximum absolute atomic E-state index is 10.5. The van der Waals surface area contributed by atoms with Crippen LogP contribution < -0.4 is 4.74 Å². The summed E-state index contributed by atoms with van der Waals surface area (Å²) in [7, 11) is 0. The van der Waals surface area contributed by atoms with Gasteiger partial charge in [0.2, 0.25) is 0 Å². The van der Waals surface area contributed by atoms with Crippen molar-refractivity contribution >= 4 is 5.97 Å². The van der Waals surface area contributed by atoms with Crippen molar-refractivity contribution in [2.75, 3.05) is 0 Å². The molecule has 1 aromatic rings. The average molecular weight is 149 g/mol. The van der Waals surface area contributed by atoms with Crippen LogP contribution in [0.3, 0.4) is 0 Å². The van der Waals surface area contributed by atoms with Crippen LogP contribution in [0.1, 0.15) is 12.5 Å². The first kappa shape index (κ1) is 7.66. The standard InChI is InChI=1S/C9H9O2/c1-7-3-5-9(6-4-7)11-8(2)10/h3-6H,1H2,2H3/q-1. The molecule has 0 aliphatic rings. The second kappa shape index (κ2) is 3.10. The highest BCUT2D eigenvalue weighted by Crippen LogP contribution is 2.10. The fourth-order valence-electron chi connectivity index (χ4n) is 0.723. The maximum atomic E-state index is 10.5. The van der Waals surface area contributed by atoms with Crippen LogP contribution in [0.15, 0.2) is 24.3 Å². The molecular formula is C9H9O2-. The van der Waals surface area contributed by atoms with Crippen molar-refractivity contribution in [2.45, 2.75) is 6.92 Å². The van der Waals surface area contributed by atoms with Crippen LogP contribution in [-0.2, 0) is 4.79 Å². The highest BCUT2D eigenvalue weighted by Gasteiger charge is 1.91. The van der Waals surface area contributed by atoms with E-state index in [4.69, 9.17) is 4.74 Å². The van der Waals surface area contributed by atoms with E-state index >= 15 is 0 Å². The molecule has 0 saturated heterocycles. The number of benzene rings is 1. The summed E-state index contributed by atoms with van der Waals surface area (Å²) in [5, 5.41) is 0. The Labute approximate surface area is 65.8 Å². The zero-order valence-corrected chi connectivity index (χ0v) is 6.33. The number of carbonyl (C=O) groups is 1. The van der Waals surface area contributed by atoms with Crippen molar-refractivity contribution in [1.82, 2.24) is 0 Å². The topological polar surface area (TPSA) is 26.3 Å². The predicted octanol–water partition coefficient (Wildman–Crippen LogP) is 1.79. The van der Waals surface area contributed by atoms with Gasteiger partial charge in [-0.15, -0.1) is 0 Å². The highest BCUT2D eigenvalue weighted by molar-refractivity contribution is 5.69. The molecule has 0 unspecified atom stereocenters. The van der Waals surface area contributed by atoms with E-state index in [9.17, 15) is 4.79 Å². The van der Waals surface area contributed by atoms with Crippen LogP contribution in [0.5, 0.6) is 5.75 Å². The summed E-state index contributed by atoms with van der Waals surface area (Å²) in [5.74, 6) is 0.256. The quantitative estimate of drug-likeness (QED) is 0.345. The normalized spacial score (nSPS) is 9.18. The monoisotopic (exact) mass is 149 g/mol. The molecule has 0 N–H and O–H groups in total. The summed E-state index contributed by atoms with van der Waals surface area (Å²) in [4.78, 5) is 10.5. The molecule has 0 spiro atoms. The first-order valence-electron chi connectivity index (χ1n) is 3.29. The average Bonchev–Trinajstić information content (AvgIpc) is 1.93. The maximum Gasteiger partial charge on any atom is 0.307 e. The molecule has 0 saturated carbocycles. The molecular weight excluding hydrogens is 140 g/mol. The first-order chi connectivity index (χ1) is 5.18. The van der Waals surface area contributed by atoms with Crippen molar-refractivity contribution in [3.63, 3.8) is 0 Å². The Morgan fingerprint density at radius 1 is 1.36 bits per heavy atom. The Morgan fingerprint density at radius 2 is 1.91 bits per heavy atom. The van der Waals surface area contributed by atoms with Crippen LogP contribution >= 0.6 is 0 Å². The summed E-state index contributed by atoms with van der Waals surface area (Å²) in [6, 6.07) is 7.00. The SMILES string of the molecule is [CH2-]c1ccc(OC(C)=O)cc1. The van der Waals surface area contributed by atoms with Gasteiger partial charge in [-0.1, -0.05) is 12.1 Å². The molecule has 2 heteroatoms. The first-order valence-corrected chi connectivity index (χ1v) is 3.29. The van der Waals surface area contributed by atoms with Gasteiger partial charge in [-0.3, -0.25) is 4.79 Å². The summed E-state index contributed by atoms with van der Waals surface area (Å²) in [5.41, 5.74) is 0.904. The summed E-state index contributed by atoms with van der Waals surface area (Å²) < 4.78 is 4.80. The van der Waals surface area contributed by atoms with E-state index in [2.05, 4.69) is 6.92 Å². The third-order valence-corrected chi connectivity index (χ3v) is 1.18. The molecule has 0 aliphatic heterocycles. The van der Waals surface area contributed by atoms with Crippen LogP contribution in [0.2, 0.25) is 0 Å². The van der Waals surface area contributed by atoms with Crippen LogP contribution in [0.25, 0.3) is 0 Å². The Hall–Kier alpha value is -1.44. The zero-order valence-electron chi connectivity index (χ0n) is 6.33. The van der Waals surface area contributed by atoms with Crippen LogP contribution in [0.4, 0.5) is 0 Å². The minimum atomic E-state index is -0.304. The Morgan fingerprint density at radius 3 is 2.36 bits per heavy atom. The second-order valence-corrected chi connectivity index (χ2v) is 2.24. The van der Waals surface area contributed by atoms with E-state index in [1.807, 2.05) is 0 Å².